The van der Waals surface area contributed by atoms with E-state index < -0.39 is 0 Å². The summed E-state index contributed by atoms with van der Waals surface area (Å²) in [6, 6.07) is 46.1. The number of nitrogens with zero attached hydrogens (tertiary/aromatic N) is 1. The molecule has 0 amide bonds. The molecule has 0 fully saturated rings. The summed E-state index contributed by atoms with van der Waals surface area (Å²) in [6.45, 7) is 0. The predicted molar refractivity (Wildman–Crippen MR) is 156 cm³/mol. The number of fused-ring (bicyclic) bond motifs is 5. The minimum Gasteiger partial charge on any atom is -0.455 e. The highest BCUT2D eigenvalue weighted by atomic mass is 35.5. The van der Waals surface area contributed by atoms with E-state index in [1.165, 1.54) is 0 Å². The van der Waals surface area contributed by atoms with Gasteiger partial charge in [-0.15, -0.1) is 0 Å². The Bertz CT molecular complexity index is 1840. The van der Waals surface area contributed by atoms with E-state index in [1.54, 1.807) is 0 Å². The van der Waals surface area contributed by atoms with Crippen LogP contribution in [0.25, 0.3) is 43.8 Å². The Balaban J connectivity index is 1.63. The molecule has 3 heteroatoms. The molecule has 37 heavy (non-hydrogen) atoms. The molecule has 0 atom stereocenters. The molecule has 176 valence electrons. The van der Waals surface area contributed by atoms with Gasteiger partial charge in [0.1, 0.15) is 11.2 Å². The van der Waals surface area contributed by atoms with Crippen LogP contribution in [0.5, 0.6) is 0 Å². The quantitative estimate of drug-likeness (QED) is 0.241. The summed E-state index contributed by atoms with van der Waals surface area (Å²) in [5.41, 5.74) is 7.11. The molecule has 0 aliphatic rings. The zero-order valence-electron chi connectivity index (χ0n) is 19.9. The number of hydrogen-bond donors (Lipinski definition) is 0. The number of anilines is 3. The average molecular weight is 496 g/mol. The summed E-state index contributed by atoms with van der Waals surface area (Å²) in [6.07, 6.45) is 0. The third kappa shape index (κ3) is 3.66. The van der Waals surface area contributed by atoms with Crippen LogP contribution in [0.2, 0.25) is 5.02 Å². The van der Waals surface area contributed by atoms with Crippen molar-refractivity contribution in [3.63, 3.8) is 0 Å². The number of hydrogen-bond acceptors (Lipinski definition) is 2. The van der Waals surface area contributed by atoms with Crippen LogP contribution in [0.1, 0.15) is 0 Å². The number of benzene rings is 6. The largest absolute Gasteiger partial charge is 0.455 e. The molecular formula is C34H22ClNO. The maximum atomic E-state index is 6.59. The molecule has 0 saturated carbocycles. The number of halogens is 1. The summed E-state index contributed by atoms with van der Waals surface area (Å²) >= 11 is 6.59. The van der Waals surface area contributed by atoms with Gasteiger partial charge in [0.2, 0.25) is 0 Å². The van der Waals surface area contributed by atoms with Gasteiger partial charge in [0.05, 0.1) is 5.69 Å². The molecule has 0 unspecified atom stereocenters. The number of furan rings is 1. The molecule has 0 spiro atoms. The van der Waals surface area contributed by atoms with Gasteiger partial charge in [0.25, 0.3) is 0 Å². The highest BCUT2D eigenvalue weighted by Gasteiger charge is 2.21. The fraction of sp³-hybridized carbons (Fsp3) is 0. The van der Waals surface area contributed by atoms with Gasteiger partial charge in [-0.3, -0.25) is 0 Å². The SMILES string of the molecule is Clc1cc(-c2ccccc2)c2c(c1)oc1c3ccccc3c(N(c3ccccc3)c3ccccc3)cc12. The normalized spacial score (nSPS) is 11.4. The van der Waals surface area contributed by atoms with E-state index in [0.717, 1.165) is 60.9 Å². The summed E-state index contributed by atoms with van der Waals surface area (Å²) in [4.78, 5) is 2.32. The van der Waals surface area contributed by atoms with Crippen molar-refractivity contribution in [3.05, 3.63) is 138 Å². The molecule has 0 aliphatic heterocycles. The molecule has 2 nitrogen and oxygen atoms in total. The van der Waals surface area contributed by atoms with Gasteiger partial charge in [0.15, 0.2) is 0 Å². The molecule has 6 aromatic carbocycles. The average Bonchev–Trinajstić information content (AvgIpc) is 3.33. The van der Waals surface area contributed by atoms with Gasteiger partial charge in [-0.25, -0.2) is 0 Å². The van der Waals surface area contributed by atoms with Gasteiger partial charge in [0, 0.05) is 44.0 Å². The lowest BCUT2D eigenvalue weighted by Gasteiger charge is -2.27. The fourth-order valence-corrected chi connectivity index (χ4v) is 5.50. The van der Waals surface area contributed by atoms with E-state index in [0.29, 0.717) is 5.02 Å². The van der Waals surface area contributed by atoms with Crippen LogP contribution in [0, 0.1) is 0 Å². The number of para-hydroxylation sites is 2. The third-order valence-corrected chi connectivity index (χ3v) is 7.09. The first-order valence-electron chi connectivity index (χ1n) is 12.3. The fourth-order valence-electron chi connectivity index (χ4n) is 5.29. The lowest BCUT2D eigenvalue weighted by atomic mass is 9.97. The van der Waals surface area contributed by atoms with Gasteiger partial charge in [-0.05, 0) is 47.5 Å². The van der Waals surface area contributed by atoms with E-state index in [9.17, 15) is 0 Å². The Labute approximate surface area is 220 Å². The maximum absolute atomic E-state index is 6.59. The molecular weight excluding hydrogens is 474 g/mol. The second kappa shape index (κ2) is 8.85. The Morgan fingerprint density at radius 3 is 1.76 bits per heavy atom. The van der Waals surface area contributed by atoms with Crippen LogP contribution < -0.4 is 4.90 Å². The molecule has 1 heterocycles. The van der Waals surface area contributed by atoms with Crippen molar-refractivity contribution < 1.29 is 4.42 Å². The van der Waals surface area contributed by atoms with Crippen molar-refractivity contribution in [1.29, 1.82) is 0 Å². The predicted octanol–water partition coefficient (Wildman–Crippen LogP) is 10.5. The maximum Gasteiger partial charge on any atom is 0.143 e. The Hall–Kier alpha value is -4.53. The van der Waals surface area contributed by atoms with Crippen molar-refractivity contribution >= 4 is 61.4 Å². The van der Waals surface area contributed by atoms with Crippen molar-refractivity contribution in [2.75, 3.05) is 4.90 Å². The van der Waals surface area contributed by atoms with Gasteiger partial charge in [-0.1, -0.05) is 103 Å². The highest BCUT2D eigenvalue weighted by molar-refractivity contribution is 6.33. The first kappa shape index (κ1) is 21.7. The Kier molecular flexibility index (Phi) is 5.20. The lowest BCUT2D eigenvalue weighted by Crippen LogP contribution is -2.10. The van der Waals surface area contributed by atoms with Crippen LogP contribution >= 0.6 is 11.6 Å². The van der Waals surface area contributed by atoms with Crippen molar-refractivity contribution in [2.24, 2.45) is 0 Å². The topological polar surface area (TPSA) is 16.4 Å². The monoisotopic (exact) mass is 495 g/mol. The van der Waals surface area contributed by atoms with Crippen LogP contribution in [0.3, 0.4) is 0 Å². The highest BCUT2D eigenvalue weighted by Crippen LogP contribution is 2.46. The van der Waals surface area contributed by atoms with E-state index in [4.69, 9.17) is 16.0 Å². The summed E-state index contributed by atoms with van der Waals surface area (Å²) in [7, 11) is 0. The molecule has 0 aliphatic carbocycles. The van der Waals surface area contributed by atoms with Crippen molar-refractivity contribution in [1.82, 2.24) is 0 Å². The zero-order chi connectivity index (χ0) is 24.8. The van der Waals surface area contributed by atoms with Gasteiger partial charge < -0.3 is 9.32 Å². The van der Waals surface area contributed by atoms with E-state index in [-0.39, 0.29) is 0 Å². The summed E-state index contributed by atoms with van der Waals surface area (Å²) in [5, 5.41) is 4.98. The zero-order valence-corrected chi connectivity index (χ0v) is 20.7. The minimum atomic E-state index is 0.658. The molecule has 7 rings (SSSR count). The smallest absolute Gasteiger partial charge is 0.143 e. The Morgan fingerprint density at radius 1 is 0.541 bits per heavy atom. The first-order valence-corrected chi connectivity index (χ1v) is 12.7. The van der Waals surface area contributed by atoms with Crippen molar-refractivity contribution in [3.8, 4) is 11.1 Å². The summed E-state index contributed by atoms with van der Waals surface area (Å²) < 4.78 is 6.55. The second-order valence-corrected chi connectivity index (χ2v) is 9.56. The molecule has 0 N–H and O–H groups in total. The molecule has 1 aromatic heterocycles. The summed E-state index contributed by atoms with van der Waals surface area (Å²) in [5.74, 6) is 0. The second-order valence-electron chi connectivity index (χ2n) is 9.12. The molecule has 7 aromatic rings. The first-order chi connectivity index (χ1) is 18.3. The van der Waals surface area contributed by atoms with E-state index in [2.05, 4.69) is 108 Å². The minimum absolute atomic E-state index is 0.658. The van der Waals surface area contributed by atoms with E-state index >= 15 is 0 Å². The Morgan fingerprint density at radius 2 is 1.11 bits per heavy atom. The molecule has 0 radical (unpaired) electrons. The van der Waals surface area contributed by atoms with Crippen LogP contribution in [-0.4, -0.2) is 0 Å². The van der Waals surface area contributed by atoms with Gasteiger partial charge in [-0.2, -0.15) is 0 Å². The molecule has 0 saturated heterocycles. The number of rotatable bonds is 4. The van der Waals surface area contributed by atoms with Gasteiger partial charge >= 0.3 is 0 Å². The van der Waals surface area contributed by atoms with Crippen LogP contribution in [0.4, 0.5) is 17.1 Å². The van der Waals surface area contributed by atoms with E-state index in [1.807, 2.05) is 30.3 Å². The van der Waals surface area contributed by atoms with Crippen LogP contribution in [-0.2, 0) is 0 Å². The lowest BCUT2D eigenvalue weighted by molar-refractivity contribution is 0.673. The van der Waals surface area contributed by atoms with Crippen molar-refractivity contribution in [2.45, 2.75) is 0 Å². The van der Waals surface area contributed by atoms with Crippen LogP contribution in [0.15, 0.2) is 138 Å². The molecule has 0 bridgehead atoms. The third-order valence-electron chi connectivity index (χ3n) is 6.88. The standard InChI is InChI=1S/C34H22ClNO/c35-24-20-29(23-12-4-1-5-13-23)33-30-22-31(27-18-10-11-19-28(27)34(30)37-32(33)21-24)36(25-14-6-2-7-15-25)26-16-8-3-9-17-26/h1-22H.